The van der Waals surface area contributed by atoms with Crippen LogP contribution in [0.2, 0.25) is 5.02 Å². The Balaban J connectivity index is 2.15. The molecule has 0 aliphatic heterocycles. The van der Waals surface area contributed by atoms with Gasteiger partial charge in [0.1, 0.15) is 10.7 Å². The summed E-state index contributed by atoms with van der Waals surface area (Å²) in [7, 11) is -7.66. The second-order valence-corrected chi connectivity index (χ2v) is 9.74. The number of sulfonamides is 2. The molecule has 148 valence electrons. The van der Waals surface area contributed by atoms with Crippen LogP contribution in [-0.4, -0.2) is 34.2 Å². The molecule has 2 rings (SSSR count). The molecule has 27 heavy (non-hydrogen) atoms. The standard InChI is InChI=1S/C17H20ClFN2O4S2/c1-3-21(4-2)27(24,25)15-8-5-13(6-9-15)12-20-26(22,23)17-10-7-14(18)11-16(17)19/h5-11,20H,3-4,12H2,1-2H3. The molecule has 0 bridgehead atoms. The Morgan fingerprint density at radius 3 is 2.11 bits per heavy atom. The quantitative estimate of drug-likeness (QED) is 0.692. The third-order valence-electron chi connectivity index (χ3n) is 3.92. The Hall–Kier alpha value is -1.52. The van der Waals surface area contributed by atoms with Crippen LogP contribution in [0.5, 0.6) is 0 Å². The molecule has 0 unspecified atom stereocenters. The number of nitrogens with one attached hydrogen (secondary N) is 1. The predicted molar refractivity (Wildman–Crippen MR) is 102 cm³/mol. The summed E-state index contributed by atoms with van der Waals surface area (Å²) in [5.41, 5.74) is 0.534. The fourth-order valence-electron chi connectivity index (χ4n) is 2.44. The van der Waals surface area contributed by atoms with Gasteiger partial charge in [-0.1, -0.05) is 37.6 Å². The molecule has 0 atom stereocenters. The number of hydrogen-bond acceptors (Lipinski definition) is 4. The van der Waals surface area contributed by atoms with Gasteiger partial charge in [0, 0.05) is 24.7 Å². The highest BCUT2D eigenvalue weighted by molar-refractivity contribution is 7.89. The van der Waals surface area contributed by atoms with Crippen molar-refractivity contribution in [2.75, 3.05) is 13.1 Å². The van der Waals surface area contributed by atoms with Crippen molar-refractivity contribution in [2.24, 2.45) is 0 Å². The lowest BCUT2D eigenvalue weighted by Gasteiger charge is -2.18. The van der Waals surface area contributed by atoms with Gasteiger partial charge in [-0.25, -0.2) is 25.9 Å². The van der Waals surface area contributed by atoms with E-state index in [2.05, 4.69) is 4.72 Å². The minimum absolute atomic E-state index is 0.0939. The average molecular weight is 435 g/mol. The van der Waals surface area contributed by atoms with Crippen molar-refractivity contribution in [2.45, 2.75) is 30.2 Å². The van der Waals surface area contributed by atoms with Crippen LogP contribution < -0.4 is 4.72 Å². The molecule has 0 saturated heterocycles. The third-order valence-corrected chi connectivity index (χ3v) is 7.65. The Kier molecular flexibility index (Phi) is 6.98. The molecule has 0 amide bonds. The maximum atomic E-state index is 13.8. The molecule has 2 aromatic carbocycles. The summed E-state index contributed by atoms with van der Waals surface area (Å²) in [6.07, 6.45) is 0. The van der Waals surface area contributed by atoms with Gasteiger partial charge in [-0.15, -0.1) is 0 Å². The topological polar surface area (TPSA) is 83.6 Å². The van der Waals surface area contributed by atoms with E-state index in [1.54, 1.807) is 13.8 Å². The summed E-state index contributed by atoms with van der Waals surface area (Å²) < 4.78 is 66.8. The van der Waals surface area contributed by atoms with E-state index < -0.39 is 30.8 Å². The predicted octanol–water partition coefficient (Wildman–Crippen LogP) is 2.99. The van der Waals surface area contributed by atoms with Gasteiger partial charge in [0.15, 0.2) is 0 Å². The number of nitrogens with zero attached hydrogens (tertiary/aromatic N) is 1. The van der Waals surface area contributed by atoms with E-state index in [-0.39, 0.29) is 16.5 Å². The molecular weight excluding hydrogens is 415 g/mol. The van der Waals surface area contributed by atoms with Gasteiger partial charge < -0.3 is 0 Å². The molecule has 0 aromatic heterocycles. The van der Waals surface area contributed by atoms with E-state index in [4.69, 9.17) is 11.6 Å². The number of benzene rings is 2. The largest absolute Gasteiger partial charge is 0.243 e. The molecule has 1 N–H and O–H groups in total. The van der Waals surface area contributed by atoms with Crippen LogP contribution in [0.3, 0.4) is 0 Å². The molecule has 0 radical (unpaired) electrons. The summed E-state index contributed by atoms with van der Waals surface area (Å²) in [4.78, 5) is -0.380. The first-order valence-electron chi connectivity index (χ1n) is 8.15. The van der Waals surface area contributed by atoms with Gasteiger partial charge in [-0.3, -0.25) is 0 Å². The van der Waals surface area contributed by atoms with Gasteiger partial charge in [-0.05, 0) is 35.9 Å². The van der Waals surface area contributed by atoms with Crippen LogP contribution in [0.4, 0.5) is 4.39 Å². The first-order valence-corrected chi connectivity index (χ1v) is 11.5. The van der Waals surface area contributed by atoms with Crippen molar-refractivity contribution in [1.82, 2.24) is 9.03 Å². The highest BCUT2D eigenvalue weighted by Crippen LogP contribution is 2.20. The molecule has 10 heteroatoms. The summed E-state index contributed by atoms with van der Waals surface area (Å²) >= 11 is 5.63. The molecule has 0 fully saturated rings. The number of halogens is 2. The van der Waals surface area contributed by atoms with Crippen LogP contribution in [0.15, 0.2) is 52.3 Å². The smallest absolute Gasteiger partial charge is 0.207 e. The normalized spacial score (nSPS) is 12.5. The summed E-state index contributed by atoms with van der Waals surface area (Å²) in [5, 5.41) is 0.0939. The lowest BCUT2D eigenvalue weighted by molar-refractivity contribution is 0.445. The van der Waals surface area contributed by atoms with Crippen molar-refractivity contribution >= 4 is 31.6 Å². The van der Waals surface area contributed by atoms with E-state index in [9.17, 15) is 21.2 Å². The lowest BCUT2D eigenvalue weighted by Crippen LogP contribution is -2.30. The minimum Gasteiger partial charge on any atom is -0.207 e. The van der Waals surface area contributed by atoms with Crippen molar-refractivity contribution in [3.8, 4) is 0 Å². The van der Waals surface area contributed by atoms with E-state index in [1.807, 2.05) is 0 Å². The highest BCUT2D eigenvalue weighted by Gasteiger charge is 2.22. The second-order valence-electron chi connectivity index (χ2n) is 5.63. The molecule has 0 saturated carbocycles. The molecular formula is C17H20ClFN2O4S2. The van der Waals surface area contributed by atoms with Crippen molar-refractivity contribution in [3.63, 3.8) is 0 Å². The monoisotopic (exact) mass is 434 g/mol. The average Bonchev–Trinajstić information content (AvgIpc) is 2.61. The zero-order valence-electron chi connectivity index (χ0n) is 14.8. The van der Waals surface area contributed by atoms with Crippen LogP contribution in [0.25, 0.3) is 0 Å². The maximum Gasteiger partial charge on any atom is 0.243 e. The van der Waals surface area contributed by atoms with Crippen LogP contribution in [0.1, 0.15) is 19.4 Å². The lowest BCUT2D eigenvalue weighted by atomic mass is 10.2. The summed E-state index contributed by atoms with van der Waals surface area (Å²) in [6, 6.07) is 9.14. The van der Waals surface area contributed by atoms with Crippen LogP contribution >= 0.6 is 11.6 Å². The number of hydrogen-bond donors (Lipinski definition) is 1. The number of rotatable bonds is 8. The van der Waals surface area contributed by atoms with E-state index in [0.29, 0.717) is 18.7 Å². The summed E-state index contributed by atoms with van der Waals surface area (Å²) in [5.74, 6) is -0.948. The molecule has 0 heterocycles. The fraction of sp³-hybridized carbons (Fsp3) is 0.294. The Labute approximate surface area is 164 Å². The third kappa shape index (κ3) is 5.05. The Morgan fingerprint density at radius 1 is 1.00 bits per heavy atom. The molecule has 6 nitrogen and oxygen atoms in total. The highest BCUT2D eigenvalue weighted by atomic mass is 35.5. The summed E-state index contributed by atoms with van der Waals surface area (Å²) in [6.45, 7) is 4.09. The first kappa shape index (κ1) is 21.8. The zero-order valence-corrected chi connectivity index (χ0v) is 17.2. The Bertz CT molecular complexity index is 1010. The van der Waals surface area contributed by atoms with E-state index in [1.165, 1.54) is 34.6 Å². The van der Waals surface area contributed by atoms with Gasteiger partial charge in [0.05, 0.1) is 4.90 Å². The van der Waals surface area contributed by atoms with Gasteiger partial charge >= 0.3 is 0 Å². The first-order chi connectivity index (χ1) is 12.6. The van der Waals surface area contributed by atoms with Crippen molar-refractivity contribution < 1.29 is 21.2 Å². The van der Waals surface area contributed by atoms with E-state index >= 15 is 0 Å². The van der Waals surface area contributed by atoms with Crippen LogP contribution in [-0.2, 0) is 26.6 Å². The van der Waals surface area contributed by atoms with Crippen molar-refractivity contribution in [1.29, 1.82) is 0 Å². The van der Waals surface area contributed by atoms with Crippen molar-refractivity contribution in [3.05, 3.63) is 58.9 Å². The fourth-order valence-corrected chi connectivity index (χ4v) is 5.13. The molecule has 2 aromatic rings. The molecule has 0 aliphatic rings. The Morgan fingerprint density at radius 2 is 1.59 bits per heavy atom. The van der Waals surface area contributed by atoms with E-state index in [0.717, 1.165) is 12.1 Å². The maximum absolute atomic E-state index is 13.8. The van der Waals surface area contributed by atoms with Gasteiger partial charge in [-0.2, -0.15) is 4.31 Å². The minimum atomic E-state index is -4.08. The van der Waals surface area contributed by atoms with Crippen LogP contribution in [0, 0.1) is 5.82 Å². The second kappa shape index (κ2) is 8.66. The molecule has 0 aliphatic carbocycles. The van der Waals surface area contributed by atoms with Gasteiger partial charge in [0.2, 0.25) is 20.0 Å². The zero-order chi connectivity index (χ0) is 20.2. The molecule has 0 spiro atoms. The SMILES string of the molecule is CCN(CC)S(=O)(=O)c1ccc(CNS(=O)(=O)c2ccc(Cl)cc2F)cc1. The van der Waals surface area contributed by atoms with Gasteiger partial charge in [0.25, 0.3) is 0 Å².